The molecule has 4 heteroatoms. The highest BCUT2D eigenvalue weighted by Crippen LogP contribution is 2.26. The average Bonchev–Trinajstić information content (AvgIpc) is 2.53. The molecule has 1 N–H and O–H groups in total. The lowest BCUT2D eigenvalue weighted by Gasteiger charge is -2.13. The van der Waals surface area contributed by atoms with Crippen molar-refractivity contribution in [1.29, 1.82) is 0 Å². The Balaban J connectivity index is 2.19. The van der Waals surface area contributed by atoms with Gasteiger partial charge in [0.25, 0.3) is 0 Å². The number of hydrogen-bond donors (Lipinski definition) is 1. The molecule has 0 unspecified atom stereocenters. The van der Waals surface area contributed by atoms with Gasteiger partial charge in [0.2, 0.25) is 0 Å². The van der Waals surface area contributed by atoms with E-state index in [0.717, 1.165) is 22.6 Å². The summed E-state index contributed by atoms with van der Waals surface area (Å²) in [6.07, 6.45) is 0. The van der Waals surface area contributed by atoms with Crippen molar-refractivity contribution in [2.45, 2.75) is 13.5 Å². The molecule has 2 aromatic carbocycles. The molecular weight excluding hydrogens is 266 g/mol. The molecule has 0 radical (unpaired) electrons. The molecule has 21 heavy (non-hydrogen) atoms. The number of ether oxygens (including phenoxy) is 2. The smallest absolute Gasteiger partial charge is 0.338 e. The Kier molecular flexibility index (Phi) is 4.82. The van der Waals surface area contributed by atoms with Gasteiger partial charge in [-0.25, -0.2) is 4.79 Å². The van der Waals surface area contributed by atoms with E-state index in [0.29, 0.717) is 12.1 Å². The van der Waals surface area contributed by atoms with Crippen molar-refractivity contribution in [3.8, 4) is 5.75 Å². The van der Waals surface area contributed by atoms with Gasteiger partial charge in [-0.1, -0.05) is 24.3 Å². The first-order valence-corrected chi connectivity index (χ1v) is 6.70. The van der Waals surface area contributed by atoms with E-state index < -0.39 is 0 Å². The van der Waals surface area contributed by atoms with Gasteiger partial charge in [-0.2, -0.15) is 0 Å². The Morgan fingerprint density at radius 2 is 1.90 bits per heavy atom. The summed E-state index contributed by atoms with van der Waals surface area (Å²) in [5, 5.41) is 3.29. The van der Waals surface area contributed by atoms with E-state index in [2.05, 4.69) is 5.32 Å². The number of anilines is 1. The second-order valence-corrected chi connectivity index (χ2v) is 4.71. The average molecular weight is 285 g/mol. The summed E-state index contributed by atoms with van der Waals surface area (Å²) in [6, 6.07) is 13.3. The third-order valence-electron chi connectivity index (χ3n) is 3.25. The summed E-state index contributed by atoms with van der Waals surface area (Å²) >= 11 is 0. The van der Waals surface area contributed by atoms with Crippen LogP contribution in [0.1, 0.15) is 21.5 Å². The van der Waals surface area contributed by atoms with Crippen molar-refractivity contribution in [1.82, 2.24) is 0 Å². The van der Waals surface area contributed by atoms with Gasteiger partial charge in [0.15, 0.2) is 0 Å². The van der Waals surface area contributed by atoms with E-state index in [1.54, 1.807) is 13.2 Å². The van der Waals surface area contributed by atoms with E-state index in [-0.39, 0.29) is 5.97 Å². The van der Waals surface area contributed by atoms with Crippen LogP contribution in [0.5, 0.6) is 5.75 Å². The van der Waals surface area contributed by atoms with Crippen molar-refractivity contribution in [3.05, 3.63) is 59.2 Å². The Labute approximate surface area is 124 Å². The zero-order valence-corrected chi connectivity index (χ0v) is 12.5. The van der Waals surface area contributed by atoms with Gasteiger partial charge in [0.05, 0.1) is 25.5 Å². The maximum Gasteiger partial charge on any atom is 0.338 e. The topological polar surface area (TPSA) is 47.6 Å². The van der Waals surface area contributed by atoms with Crippen LogP contribution in [0.2, 0.25) is 0 Å². The van der Waals surface area contributed by atoms with E-state index in [9.17, 15) is 4.79 Å². The van der Waals surface area contributed by atoms with Crippen molar-refractivity contribution < 1.29 is 14.3 Å². The van der Waals surface area contributed by atoms with Gasteiger partial charge in [0, 0.05) is 6.54 Å². The zero-order valence-electron chi connectivity index (χ0n) is 12.5. The molecule has 0 bridgehead atoms. The first kappa shape index (κ1) is 14.9. The Bertz CT molecular complexity index is 638. The van der Waals surface area contributed by atoms with Crippen molar-refractivity contribution in [2.75, 3.05) is 19.5 Å². The number of carbonyl (C=O) groups excluding carboxylic acids is 1. The highest BCUT2D eigenvalue weighted by molar-refractivity contribution is 5.91. The molecule has 0 saturated heterocycles. The fraction of sp³-hybridized carbons (Fsp3) is 0.235. The summed E-state index contributed by atoms with van der Waals surface area (Å²) in [5.41, 5.74) is 3.47. The first-order valence-electron chi connectivity index (χ1n) is 6.70. The molecule has 0 saturated carbocycles. The minimum absolute atomic E-state index is 0.330. The van der Waals surface area contributed by atoms with E-state index in [1.165, 1.54) is 7.11 Å². The quantitative estimate of drug-likeness (QED) is 0.855. The minimum atomic E-state index is -0.330. The first-order chi connectivity index (χ1) is 10.2. The number of benzene rings is 2. The normalized spacial score (nSPS) is 10.0. The van der Waals surface area contributed by atoms with Gasteiger partial charge in [-0.15, -0.1) is 0 Å². The lowest BCUT2D eigenvalue weighted by Crippen LogP contribution is -2.09. The number of aryl methyl sites for hydroxylation is 1. The Morgan fingerprint density at radius 3 is 2.62 bits per heavy atom. The Morgan fingerprint density at radius 1 is 1.14 bits per heavy atom. The molecule has 0 atom stereocenters. The molecule has 0 spiro atoms. The van der Waals surface area contributed by atoms with Crippen LogP contribution in [0, 0.1) is 6.92 Å². The molecule has 0 aliphatic carbocycles. The fourth-order valence-electron chi connectivity index (χ4n) is 2.12. The van der Waals surface area contributed by atoms with Gasteiger partial charge >= 0.3 is 5.97 Å². The van der Waals surface area contributed by atoms with Crippen LogP contribution in [-0.4, -0.2) is 20.2 Å². The van der Waals surface area contributed by atoms with Crippen LogP contribution >= 0.6 is 0 Å². The van der Waals surface area contributed by atoms with Crippen LogP contribution in [-0.2, 0) is 11.3 Å². The van der Waals surface area contributed by atoms with E-state index in [4.69, 9.17) is 9.47 Å². The molecule has 0 fully saturated rings. The highest BCUT2D eigenvalue weighted by Gasteiger charge is 2.11. The van der Waals surface area contributed by atoms with E-state index in [1.807, 2.05) is 43.3 Å². The number of esters is 1. The number of rotatable bonds is 5. The summed E-state index contributed by atoms with van der Waals surface area (Å²) in [7, 11) is 3.03. The molecule has 2 rings (SSSR count). The van der Waals surface area contributed by atoms with Crippen molar-refractivity contribution in [2.24, 2.45) is 0 Å². The number of methoxy groups -OCH3 is 2. The van der Waals surface area contributed by atoms with Gasteiger partial charge < -0.3 is 14.8 Å². The van der Waals surface area contributed by atoms with Gasteiger partial charge in [-0.3, -0.25) is 0 Å². The number of hydrogen-bond acceptors (Lipinski definition) is 4. The molecule has 0 amide bonds. The fourth-order valence-corrected chi connectivity index (χ4v) is 2.12. The van der Waals surface area contributed by atoms with Crippen LogP contribution < -0.4 is 10.1 Å². The summed E-state index contributed by atoms with van der Waals surface area (Å²) in [5.74, 6) is 0.453. The predicted molar refractivity (Wildman–Crippen MR) is 82.8 cm³/mol. The molecule has 0 aliphatic rings. The van der Waals surface area contributed by atoms with Gasteiger partial charge in [0.1, 0.15) is 5.75 Å². The van der Waals surface area contributed by atoms with Crippen molar-refractivity contribution in [3.63, 3.8) is 0 Å². The molecule has 4 nitrogen and oxygen atoms in total. The molecule has 110 valence electrons. The SMILES string of the molecule is COC(=O)c1ccccc1CNc1ccc(C)cc1OC. The third kappa shape index (κ3) is 3.54. The lowest BCUT2D eigenvalue weighted by molar-refractivity contribution is 0.0599. The molecule has 0 aromatic heterocycles. The predicted octanol–water partition coefficient (Wildman–Crippen LogP) is 3.40. The largest absolute Gasteiger partial charge is 0.495 e. The summed E-state index contributed by atoms with van der Waals surface area (Å²) < 4.78 is 10.2. The Hall–Kier alpha value is -2.49. The number of carbonyl (C=O) groups is 1. The molecular formula is C17H19NO3. The van der Waals surface area contributed by atoms with E-state index >= 15 is 0 Å². The lowest BCUT2D eigenvalue weighted by atomic mass is 10.1. The number of nitrogens with one attached hydrogen (secondary N) is 1. The standard InChI is InChI=1S/C17H19NO3/c1-12-8-9-15(16(10-12)20-2)18-11-13-6-4-5-7-14(13)17(19)21-3/h4-10,18H,11H2,1-3H3. The second-order valence-electron chi connectivity index (χ2n) is 4.71. The molecule has 0 heterocycles. The maximum atomic E-state index is 11.7. The monoisotopic (exact) mass is 285 g/mol. The van der Waals surface area contributed by atoms with Crippen LogP contribution in [0.3, 0.4) is 0 Å². The van der Waals surface area contributed by atoms with Crippen LogP contribution in [0.4, 0.5) is 5.69 Å². The third-order valence-corrected chi connectivity index (χ3v) is 3.25. The summed E-state index contributed by atoms with van der Waals surface area (Å²) in [4.78, 5) is 11.7. The molecule has 2 aromatic rings. The van der Waals surface area contributed by atoms with Crippen LogP contribution in [0.15, 0.2) is 42.5 Å². The second kappa shape index (κ2) is 6.79. The van der Waals surface area contributed by atoms with Crippen LogP contribution in [0.25, 0.3) is 0 Å². The molecule has 0 aliphatic heterocycles. The minimum Gasteiger partial charge on any atom is -0.495 e. The highest BCUT2D eigenvalue weighted by atomic mass is 16.5. The zero-order chi connectivity index (χ0) is 15.2. The summed E-state index contributed by atoms with van der Waals surface area (Å²) in [6.45, 7) is 2.53. The van der Waals surface area contributed by atoms with Gasteiger partial charge in [-0.05, 0) is 36.2 Å². The maximum absolute atomic E-state index is 11.7. The van der Waals surface area contributed by atoms with Crippen molar-refractivity contribution >= 4 is 11.7 Å².